The van der Waals surface area contributed by atoms with Crippen molar-refractivity contribution in [2.24, 2.45) is 0 Å². The zero-order chi connectivity index (χ0) is 25.3. The predicted molar refractivity (Wildman–Crippen MR) is 109 cm³/mol. The molecule has 0 spiro atoms. The third kappa shape index (κ3) is 6.21. The second kappa shape index (κ2) is 9.29. The lowest BCUT2D eigenvalue weighted by Gasteiger charge is -2.15. The van der Waals surface area contributed by atoms with E-state index in [2.05, 4.69) is 10.3 Å². The molecule has 1 atom stereocenters. The van der Waals surface area contributed by atoms with Crippen molar-refractivity contribution < 1.29 is 44.3 Å². The zero-order valence-electron chi connectivity index (χ0n) is 17.4. The number of hydrogen-bond donors (Lipinski definition) is 2. The zero-order valence-corrected chi connectivity index (χ0v) is 18.2. The predicted octanol–water partition coefficient (Wildman–Crippen LogP) is 4.86. The minimum Gasteiger partial charge on any atom is -0.440 e. The van der Waals surface area contributed by atoms with E-state index in [1.807, 2.05) is 0 Å². The minimum absolute atomic E-state index is 0.0309. The number of carbonyl (C=O) groups is 1. The van der Waals surface area contributed by atoms with Gasteiger partial charge in [0.1, 0.15) is 5.69 Å². The lowest BCUT2D eigenvalue weighted by atomic mass is 10.1. The number of nitrogens with zero attached hydrogens (tertiary/aromatic N) is 1. The maximum atomic E-state index is 14.1. The Kier molecular flexibility index (Phi) is 6.82. The fourth-order valence-electron chi connectivity index (χ4n) is 2.75. The van der Waals surface area contributed by atoms with E-state index in [1.165, 1.54) is 6.92 Å². The highest BCUT2D eigenvalue weighted by Crippen LogP contribution is 2.31. The van der Waals surface area contributed by atoms with Crippen molar-refractivity contribution in [3.05, 3.63) is 65.4 Å². The van der Waals surface area contributed by atoms with Crippen molar-refractivity contribution in [3.63, 3.8) is 0 Å². The summed E-state index contributed by atoms with van der Waals surface area (Å²) in [5.74, 6) is -2.81. The highest BCUT2D eigenvalue weighted by Gasteiger charge is 2.30. The van der Waals surface area contributed by atoms with Crippen LogP contribution in [0.5, 0.6) is 5.88 Å². The Balaban J connectivity index is 1.66. The molecule has 14 heteroatoms. The summed E-state index contributed by atoms with van der Waals surface area (Å²) in [5.41, 5.74) is -1.55. The lowest BCUT2D eigenvalue weighted by Crippen LogP contribution is -2.29. The molecule has 1 amide bonds. The summed E-state index contributed by atoms with van der Waals surface area (Å²) in [6.07, 6.45) is -3.90. The molecule has 0 saturated carbocycles. The molecular formula is C20H16F5N3O5S. The van der Waals surface area contributed by atoms with Crippen LogP contribution in [0.2, 0.25) is 0 Å². The summed E-state index contributed by atoms with van der Waals surface area (Å²) >= 11 is 0. The molecule has 34 heavy (non-hydrogen) atoms. The molecule has 0 aliphatic rings. The van der Waals surface area contributed by atoms with Crippen LogP contribution in [0, 0.1) is 11.6 Å². The number of benzene rings is 2. The molecule has 8 nitrogen and oxygen atoms in total. The SMILES string of the molecule is CC(NC(=O)Oc1coc(-c2ccc(C(F)(F)F)cc2)n1)c1cc(F)c(NS(C)(=O)=O)c(F)c1. The van der Waals surface area contributed by atoms with Gasteiger partial charge in [0.15, 0.2) is 17.9 Å². The topological polar surface area (TPSA) is 111 Å². The highest BCUT2D eigenvalue weighted by molar-refractivity contribution is 7.92. The Morgan fingerprint density at radius 2 is 1.71 bits per heavy atom. The number of alkyl halides is 3. The van der Waals surface area contributed by atoms with Gasteiger partial charge in [-0.05, 0) is 48.9 Å². The number of rotatable bonds is 6. The second-order valence-corrected chi connectivity index (χ2v) is 8.80. The molecule has 3 rings (SSSR count). The standard InChI is InChI=1S/C20H16F5N3O5S/c1-10(12-7-14(21)17(15(22)8-12)28-34(2,30)31)26-19(29)33-16-9-32-18(27-16)11-3-5-13(6-4-11)20(23,24)25/h3-10,28H,1-2H3,(H,26,29). The average Bonchev–Trinajstić information content (AvgIpc) is 3.17. The number of ether oxygens (including phenoxy) is 1. The number of anilines is 1. The summed E-state index contributed by atoms with van der Waals surface area (Å²) in [4.78, 5) is 16.0. The number of amides is 1. The summed E-state index contributed by atoms with van der Waals surface area (Å²) in [7, 11) is -3.92. The Morgan fingerprint density at radius 3 is 2.24 bits per heavy atom. The van der Waals surface area contributed by atoms with Crippen LogP contribution in [0.4, 0.5) is 32.4 Å². The van der Waals surface area contributed by atoms with Crippen LogP contribution in [0.3, 0.4) is 0 Å². The number of aromatic nitrogens is 1. The monoisotopic (exact) mass is 505 g/mol. The van der Waals surface area contributed by atoms with Crippen LogP contribution in [0.1, 0.15) is 24.1 Å². The third-order valence-corrected chi connectivity index (χ3v) is 4.90. The third-order valence-electron chi connectivity index (χ3n) is 4.33. The van der Waals surface area contributed by atoms with Crippen molar-refractivity contribution in [1.29, 1.82) is 0 Å². The molecule has 182 valence electrons. The molecule has 0 fully saturated rings. The van der Waals surface area contributed by atoms with Gasteiger partial charge in [0.25, 0.3) is 5.88 Å². The molecule has 0 bridgehead atoms. The fourth-order valence-corrected chi connectivity index (χ4v) is 3.32. The van der Waals surface area contributed by atoms with Crippen molar-refractivity contribution in [2.45, 2.75) is 19.1 Å². The summed E-state index contributed by atoms with van der Waals surface area (Å²) in [6, 6.07) is 4.64. The van der Waals surface area contributed by atoms with E-state index < -0.39 is 51.2 Å². The van der Waals surface area contributed by atoms with Crippen molar-refractivity contribution >= 4 is 21.8 Å². The minimum atomic E-state index is -4.51. The highest BCUT2D eigenvalue weighted by atomic mass is 32.2. The van der Waals surface area contributed by atoms with Gasteiger partial charge in [-0.2, -0.15) is 18.2 Å². The van der Waals surface area contributed by atoms with E-state index in [0.717, 1.165) is 48.9 Å². The van der Waals surface area contributed by atoms with Gasteiger partial charge in [-0.25, -0.2) is 22.0 Å². The molecule has 3 aromatic rings. The van der Waals surface area contributed by atoms with Gasteiger partial charge >= 0.3 is 12.3 Å². The van der Waals surface area contributed by atoms with E-state index in [9.17, 15) is 35.2 Å². The average molecular weight is 505 g/mol. The molecule has 2 aromatic carbocycles. The van der Waals surface area contributed by atoms with Gasteiger partial charge < -0.3 is 14.5 Å². The molecule has 0 radical (unpaired) electrons. The Labute approximate surface area is 189 Å². The number of sulfonamides is 1. The van der Waals surface area contributed by atoms with Crippen LogP contribution in [-0.4, -0.2) is 25.8 Å². The van der Waals surface area contributed by atoms with Crippen molar-refractivity contribution in [2.75, 3.05) is 11.0 Å². The number of hydrogen-bond acceptors (Lipinski definition) is 6. The first-order valence-corrected chi connectivity index (χ1v) is 11.2. The molecule has 0 aliphatic heterocycles. The Bertz CT molecular complexity index is 1280. The quantitative estimate of drug-likeness (QED) is 0.463. The largest absolute Gasteiger partial charge is 0.440 e. The van der Waals surface area contributed by atoms with Gasteiger partial charge in [-0.1, -0.05) is 0 Å². The van der Waals surface area contributed by atoms with E-state index in [0.29, 0.717) is 0 Å². The van der Waals surface area contributed by atoms with E-state index in [1.54, 1.807) is 4.72 Å². The van der Waals surface area contributed by atoms with E-state index in [-0.39, 0.29) is 22.9 Å². The smallest absolute Gasteiger partial charge is 0.416 e. The second-order valence-electron chi connectivity index (χ2n) is 7.06. The maximum Gasteiger partial charge on any atom is 0.416 e. The number of halogens is 5. The summed E-state index contributed by atoms with van der Waals surface area (Å²) in [6.45, 7) is 1.38. The van der Waals surface area contributed by atoms with Gasteiger partial charge in [0.05, 0.1) is 17.9 Å². The first-order chi connectivity index (χ1) is 15.7. The number of oxazole rings is 1. The van der Waals surface area contributed by atoms with Gasteiger partial charge in [0, 0.05) is 5.56 Å². The Hall–Kier alpha value is -3.68. The molecule has 0 saturated heterocycles. The van der Waals surface area contributed by atoms with Crippen LogP contribution >= 0.6 is 0 Å². The Morgan fingerprint density at radius 1 is 1.12 bits per heavy atom. The van der Waals surface area contributed by atoms with Crippen LogP contribution < -0.4 is 14.8 Å². The van der Waals surface area contributed by atoms with Gasteiger partial charge in [-0.3, -0.25) is 4.72 Å². The molecule has 2 N–H and O–H groups in total. The molecular weight excluding hydrogens is 489 g/mol. The number of carbonyl (C=O) groups excluding carboxylic acids is 1. The van der Waals surface area contributed by atoms with Crippen LogP contribution in [0.25, 0.3) is 11.5 Å². The van der Waals surface area contributed by atoms with E-state index >= 15 is 0 Å². The number of nitrogens with one attached hydrogen (secondary N) is 2. The lowest BCUT2D eigenvalue weighted by molar-refractivity contribution is -0.137. The van der Waals surface area contributed by atoms with Gasteiger partial charge in [0.2, 0.25) is 15.9 Å². The first-order valence-electron chi connectivity index (χ1n) is 9.31. The molecule has 1 heterocycles. The normalized spacial score (nSPS) is 12.8. The maximum absolute atomic E-state index is 14.1. The summed E-state index contributed by atoms with van der Waals surface area (Å²) < 4.78 is 100. The first kappa shape index (κ1) is 25.0. The van der Waals surface area contributed by atoms with Crippen LogP contribution in [-0.2, 0) is 16.2 Å². The van der Waals surface area contributed by atoms with Crippen molar-refractivity contribution in [3.8, 4) is 17.3 Å². The molecule has 1 aromatic heterocycles. The van der Waals surface area contributed by atoms with Crippen LogP contribution in [0.15, 0.2) is 47.1 Å². The van der Waals surface area contributed by atoms with E-state index in [4.69, 9.17) is 9.15 Å². The summed E-state index contributed by atoms with van der Waals surface area (Å²) in [5, 5.41) is 2.30. The molecule has 0 aliphatic carbocycles. The fraction of sp³-hybridized carbons (Fsp3) is 0.200. The van der Waals surface area contributed by atoms with Crippen molar-refractivity contribution in [1.82, 2.24) is 10.3 Å². The molecule has 1 unspecified atom stereocenters. The van der Waals surface area contributed by atoms with Gasteiger partial charge in [-0.15, -0.1) is 0 Å².